The molecule has 1 atom stereocenters. The van der Waals surface area contributed by atoms with Crippen LogP contribution in [-0.2, 0) is 14.4 Å². The summed E-state index contributed by atoms with van der Waals surface area (Å²) in [7, 11) is 0. The molecule has 1 aliphatic rings. The van der Waals surface area contributed by atoms with Crippen LogP contribution >= 0.6 is 0 Å². The maximum absolute atomic E-state index is 12.4. The number of carboxylic acids is 1. The molecular weight excluding hydrogens is 328 g/mol. The van der Waals surface area contributed by atoms with E-state index in [9.17, 15) is 19.2 Å². The average Bonchev–Trinajstić information content (AvgIpc) is 2.57. The largest absolute Gasteiger partial charge is 0.480 e. The second kappa shape index (κ2) is 7.78. The van der Waals surface area contributed by atoms with Crippen molar-refractivity contribution in [1.29, 1.82) is 0 Å². The summed E-state index contributed by atoms with van der Waals surface area (Å²) < 4.78 is 5.52. The van der Waals surface area contributed by atoms with Gasteiger partial charge < -0.3 is 15.2 Å². The first-order chi connectivity index (χ1) is 11.8. The smallest absolute Gasteiger partial charge is 0.322 e. The number of amides is 2. The second-order valence-electron chi connectivity index (χ2n) is 5.71. The molecule has 134 valence electrons. The number of nitrogens with zero attached hydrogens (tertiary/aromatic N) is 1. The minimum atomic E-state index is -1.18. The van der Waals surface area contributed by atoms with Gasteiger partial charge >= 0.3 is 5.97 Å². The van der Waals surface area contributed by atoms with Crippen LogP contribution in [0.2, 0.25) is 0 Å². The first-order valence-electron chi connectivity index (χ1n) is 7.97. The first kappa shape index (κ1) is 18.4. The Morgan fingerprint density at radius 1 is 1.32 bits per heavy atom. The molecule has 1 aromatic rings. The molecule has 0 saturated carbocycles. The number of rotatable bonds is 7. The van der Waals surface area contributed by atoms with Gasteiger partial charge in [0.25, 0.3) is 5.91 Å². The number of carboxylic acid groups (broad SMARTS) is 1. The molecule has 0 aromatic heterocycles. The van der Waals surface area contributed by atoms with Gasteiger partial charge in [0.1, 0.15) is 18.8 Å². The number of carbonyl (C=O) groups is 4. The van der Waals surface area contributed by atoms with E-state index in [0.29, 0.717) is 29.8 Å². The van der Waals surface area contributed by atoms with Crippen LogP contribution in [0.5, 0.6) is 5.75 Å². The molecule has 0 saturated heterocycles. The predicted molar refractivity (Wildman–Crippen MR) is 88.8 cm³/mol. The Kier molecular flexibility index (Phi) is 5.74. The summed E-state index contributed by atoms with van der Waals surface area (Å²) in [6, 6.07) is 4.76. The summed E-state index contributed by atoms with van der Waals surface area (Å²) in [6.45, 7) is 2.57. The van der Waals surface area contributed by atoms with Crippen LogP contribution in [0.3, 0.4) is 0 Å². The Hall–Kier alpha value is -2.90. The lowest BCUT2D eigenvalue weighted by Crippen LogP contribution is -2.49. The zero-order chi connectivity index (χ0) is 18.6. The van der Waals surface area contributed by atoms with Gasteiger partial charge in [0, 0.05) is 12.0 Å². The van der Waals surface area contributed by atoms with Crippen LogP contribution in [0.15, 0.2) is 18.2 Å². The Morgan fingerprint density at radius 3 is 2.68 bits per heavy atom. The fourth-order valence-electron chi connectivity index (χ4n) is 2.49. The van der Waals surface area contributed by atoms with Crippen LogP contribution in [-0.4, -0.2) is 47.9 Å². The number of aliphatic carboxylic acids is 1. The first-order valence-corrected chi connectivity index (χ1v) is 7.97. The van der Waals surface area contributed by atoms with Gasteiger partial charge in [-0.2, -0.15) is 0 Å². The Balaban J connectivity index is 2.28. The molecule has 2 amide bonds. The molecule has 8 nitrogen and oxygen atoms in total. The van der Waals surface area contributed by atoms with Gasteiger partial charge in [-0.1, -0.05) is 6.92 Å². The summed E-state index contributed by atoms with van der Waals surface area (Å²) in [6.07, 6.45) is 0.296. The van der Waals surface area contributed by atoms with Crippen LogP contribution in [0.25, 0.3) is 0 Å². The van der Waals surface area contributed by atoms with Gasteiger partial charge in [0.2, 0.25) is 5.91 Å². The number of ketones is 1. The lowest BCUT2D eigenvalue weighted by atomic mass is 10.0. The highest BCUT2D eigenvalue weighted by atomic mass is 16.5. The maximum Gasteiger partial charge on any atom is 0.322 e. The highest BCUT2D eigenvalue weighted by molar-refractivity contribution is 6.05. The van der Waals surface area contributed by atoms with Crippen LogP contribution < -0.4 is 15.0 Å². The molecule has 0 radical (unpaired) electrons. The maximum atomic E-state index is 12.4. The number of ether oxygens (including phenoxy) is 1. The van der Waals surface area contributed by atoms with Crippen molar-refractivity contribution < 1.29 is 29.0 Å². The minimum absolute atomic E-state index is 0.0633. The van der Waals surface area contributed by atoms with E-state index in [0.717, 1.165) is 0 Å². The van der Waals surface area contributed by atoms with E-state index >= 15 is 0 Å². The third-order valence-electron chi connectivity index (χ3n) is 3.70. The van der Waals surface area contributed by atoms with Crippen molar-refractivity contribution in [1.82, 2.24) is 5.32 Å². The van der Waals surface area contributed by atoms with Gasteiger partial charge in [-0.25, -0.2) is 0 Å². The molecule has 1 aliphatic heterocycles. The monoisotopic (exact) mass is 348 g/mol. The molecular formula is C17H20N2O6. The van der Waals surface area contributed by atoms with Crippen molar-refractivity contribution >= 4 is 29.3 Å². The van der Waals surface area contributed by atoms with Gasteiger partial charge in [-0.3, -0.25) is 24.1 Å². The van der Waals surface area contributed by atoms with Gasteiger partial charge in [0.05, 0.1) is 5.69 Å². The SMILES string of the molecule is CCCC(=O)c1ccc2c(c1)N(CC(=O)NCC(=O)O)C(=O)C(C)O2. The number of fused-ring (bicyclic) bond motifs is 1. The summed E-state index contributed by atoms with van der Waals surface area (Å²) >= 11 is 0. The number of nitrogens with one attached hydrogen (secondary N) is 1. The average molecular weight is 348 g/mol. The molecule has 0 fully saturated rings. The Morgan fingerprint density at radius 2 is 2.04 bits per heavy atom. The van der Waals surface area contributed by atoms with E-state index in [2.05, 4.69) is 5.32 Å². The molecule has 1 heterocycles. The number of hydrogen-bond acceptors (Lipinski definition) is 5. The van der Waals surface area contributed by atoms with Crippen LogP contribution in [0, 0.1) is 0 Å². The zero-order valence-corrected chi connectivity index (χ0v) is 14.1. The van der Waals surface area contributed by atoms with Crippen molar-refractivity contribution in [3.05, 3.63) is 23.8 Å². The summed E-state index contributed by atoms with van der Waals surface area (Å²) in [4.78, 5) is 48.2. The molecule has 25 heavy (non-hydrogen) atoms. The lowest BCUT2D eigenvalue weighted by Gasteiger charge is -2.32. The number of hydrogen-bond donors (Lipinski definition) is 2. The quantitative estimate of drug-likeness (QED) is 0.710. The second-order valence-corrected chi connectivity index (χ2v) is 5.71. The van der Waals surface area contributed by atoms with Crippen molar-refractivity contribution in [2.24, 2.45) is 0 Å². The molecule has 0 bridgehead atoms. The van der Waals surface area contributed by atoms with Gasteiger partial charge in [-0.15, -0.1) is 0 Å². The summed E-state index contributed by atoms with van der Waals surface area (Å²) in [5.41, 5.74) is 0.762. The van der Waals surface area contributed by atoms with E-state index in [1.54, 1.807) is 19.1 Å². The highest BCUT2D eigenvalue weighted by Gasteiger charge is 2.33. The van der Waals surface area contributed by atoms with E-state index in [1.807, 2.05) is 6.92 Å². The van der Waals surface area contributed by atoms with E-state index < -0.39 is 30.4 Å². The van der Waals surface area contributed by atoms with Crippen LogP contribution in [0.4, 0.5) is 5.69 Å². The summed E-state index contributed by atoms with van der Waals surface area (Å²) in [5.74, 6) is -1.89. The number of benzene rings is 1. The number of Topliss-reactive ketones (excluding diaryl/α,β-unsaturated/α-hetero) is 1. The van der Waals surface area contributed by atoms with E-state index in [-0.39, 0.29) is 12.3 Å². The third kappa shape index (κ3) is 4.34. The van der Waals surface area contributed by atoms with E-state index in [4.69, 9.17) is 9.84 Å². The Bertz CT molecular complexity index is 715. The summed E-state index contributed by atoms with van der Waals surface area (Å²) in [5, 5.41) is 10.8. The lowest BCUT2D eigenvalue weighted by molar-refractivity contribution is -0.137. The predicted octanol–water partition coefficient (Wildman–Crippen LogP) is 0.984. The van der Waals surface area contributed by atoms with Gasteiger partial charge in [-0.05, 0) is 31.5 Å². The molecule has 0 spiro atoms. The number of carbonyl (C=O) groups excluding carboxylic acids is 3. The molecule has 2 rings (SSSR count). The van der Waals surface area contributed by atoms with Crippen molar-refractivity contribution in [2.45, 2.75) is 32.8 Å². The van der Waals surface area contributed by atoms with Gasteiger partial charge in [0.15, 0.2) is 11.9 Å². The van der Waals surface area contributed by atoms with Crippen molar-refractivity contribution in [2.75, 3.05) is 18.0 Å². The molecule has 2 N–H and O–H groups in total. The molecule has 8 heteroatoms. The molecule has 0 aliphatic carbocycles. The standard InChI is InChI=1S/C17H20N2O6/c1-3-4-13(20)11-5-6-14-12(7-11)19(17(24)10(2)25-14)9-15(21)18-8-16(22)23/h5-7,10H,3-4,8-9H2,1-2H3,(H,18,21)(H,22,23). The Labute approximate surface area is 144 Å². The fraction of sp³-hybridized carbons (Fsp3) is 0.412. The molecule has 1 unspecified atom stereocenters. The fourth-order valence-corrected chi connectivity index (χ4v) is 2.49. The van der Waals surface area contributed by atoms with Crippen molar-refractivity contribution in [3.8, 4) is 5.75 Å². The molecule has 1 aromatic carbocycles. The highest BCUT2D eigenvalue weighted by Crippen LogP contribution is 2.35. The zero-order valence-electron chi connectivity index (χ0n) is 14.1. The topological polar surface area (TPSA) is 113 Å². The minimum Gasteiger partial charge on any atom is -0.480 e. The third-order valence-corrected chi connectivity index (χ3v) is 3.70. The van der Waals surface area contributed by atoms with Crippen LogP contribution in [0.1, 0.15) is 37.0 Å². The number of anilines is 1. The van der Waals surface area contributed by atoms with Crippen molar-refractivity contribution in [3.63, 3.8) is 0 Å². The van der Waals surface area contributed by atoms with E-state index in [1.165, 1.54) is 11.0 Å². The normalized spacial score (nSPS) is 16.0.